The van der Waals surface area contributed by atoms with Gasteiger partial charge in [0.25, 0.3) is 0 Å². The molecule has 0 saturated carbocycles. The molecule has 0 spiro atoms. The number of halogens is 1. The van der Waals surface area contributed by atoms with E-state index in [2.05, 4.69) is 25.9 Å². The SMILES string of the molecule is Cc1ccc(C(O)c2c(Br)cnn2CCN(C)C)o1. The van der Waals surface area contributed by atoms with Crippen LogP contribution in [-0.4, -0.2) is 40.4 Å². The first-order valence-electron chi connectivity index (χ1n) is 6.09. The minimum absolute atomic E-state index is 0.532. The summed E-state index contributed by atoms with van der Waals surface area (Å²) in [6.07, 6.45) is 0.886. The summed E-state index contributed by atoms with van der Waals surface area (Å²) < 4.78 is 8.07. The standard InChI is InChI=1S/C13H18BrN3O2/c1-9-4-5-11(19-9)13(18)12-10(14)8-15-17(12)7-6-16(2)3/h4-5,8,13,18H,6-7H2,1-3H3. The molecule has 0 aliphatic heterocycles. The van der Waals surface area contributed by atoms with Gasteiger partial charge in [-0.3, -0.25) is 4.68 Å². The number of hydrogen-bond acceptors (Lipinski definition) is 4. The van der Waals surface area contributed by atoms with Crippen LogP contribution in [0.25, 0.3) is 0 Å². The van der Waals surface area contributed by atoms with E-state index in [4.69, 9.17) is 4.42 Å². The van der Waals surface area contributed by atoms with Crippen LogP contribution in [0.1, 0.15) is 23.3 Å². The predicted molar refractivity (Wildman–Crippen MR) is 76.0 cm³/mol. The van der Waals surface area contributed by atoms with Gasteiger partial charge in [0.2, 0.25) is 0 Å². The summed E-state index contributed by atoms with van der Waals surface area (Å²) in [6.45, 7) is 3.42. The van der Waals surface area contributed by atoms with Gasteiger partial charge in [-0.15, -0.1) is 0 Å². The Bertz CT molecular complexity index is 548. The van der Waals surface area contributed by atoms with Gasteiger partial charge in [0.1, 0.15) is 11.5 Å². The van der Waals surface area contributed by atoms with Gasteiger partial charge in [0, 0.05) is 6.54 Å². The topological polar surface area (TPSA) is 54.4 Å². The van der Waals surface area contributed by atoms with Gasteiger partial charge in [-0.05, 0) is 49.1 Å². The van der Waals surface area contributed by atoms with Crippen LogP contribution in [0.3, 0.4) is 0 Å². The lowest BCUT2D eigenvalue weighted by atomic mass is 10.2. The number of furan rings is 1. The first-order valence-corrected chi connectivity index (χ1v) is 6.88. The Kier molecular flexibility index (Phi) is 4.44. The lowest BCUT2D eigenvalue weighted by Gasteiger charge is -2.15. The molecule has 0 amide bonds. The molecule has 0 aliphatic carbocycles. The number of aryl methyl sites for hydroxylation is 1. The summed E-state index contributed by atoms with van der Waals surface area (Å²) in [4.78, 5) is 2.07. The van der Waals surface area contributed by atoms with Crippen molar-refractivity contribution >= 4 is 15.9 Å². The van der Waals surface area contributed by atoms with E-state index >= 15 is 0 Å². The van der Waals surface area contributed by atoms with Gasteiger partial charge in [-0.1, -0.05) is 0 Å². The maximum absolute atomic E-state index is 10.4. The Labute approximate surface area is 121 Å². The van der Waals surface area contributed by atoms with E-state index in [9.17, 15) is 5.11 Å². The molecule has 104 valence electrons. The zero-order chi connectivity index (χ0) is 14.0. The van der Waals surface area contributed by atoms with Crippen LogP contribution in [0.5, 0.6) is 0 Å². The molecule has 2 heterocycles. The van der Waals surface area contributed by atoms with Gasteiger partial charge in [0.15, 0.2) is 6.10 Å². The molecular weight excluding hydrogens is 310 g/mol. The molecule has 1 N–H and O–H groups in total. The smallest absolute Gasteiger partial charge is 0.154 e. The van der Waals surface area contributed by atoms with Crippen molar-refractivity contribution in [2.75, 3.05) is 20.6 Å². The minimum Gasteiger partial charge on any atom is -0.463 e. The molecule has 2 aromatic heterocycles. The number of likely N-dealkylation sites (N-methyl/N-ethyl adjacent to an activating group) is 1. The average molecular weight is 328 g/mol. The van der Waals surface area contributed by atoms with Crippen molar-refractivity contribution in [2.45, 2.75) is 19.6 Å². The minimum atomic E-state index is -0.812. The number of aliphatic hydroxyl groups is 1. The van der Waals surface area contributed by atoms with Crippen LogP contribution >= 0.6 is 15.9 Å². The maximum Gasteiger partial charge on any atom is 0.154 e. The molecular formula is C13H18BrN3O2. The Morgan fingerprint density at radius 2 is 2.21 bits per heavy atom. The van der Waals surface area contributed by atoms with E-state index in [1.54, 1.807) is 16.9 Å². The molecule has 5 nitrogen and oxygen atoms in total. The molecule has 19 heavy (non-hydrogen) atoms. The summed E-state index contributed by atoms with van der Waals surface area (Å²) in [5.74, 6) is 1.31. The molecule has 1 atom stereocenters. The highest BCUT2D eigenvalue weighted by Crippen LogP contribution is 2.29. The summed E-state index contributed by atoms with van der Waals surface area (Å²) in [5.41, 5.74) is 0.719. The molecule has 0 fully saturated rings. The van der Waals surface area contributed by atoms with Crippen molar-refractivity contribution in [1.82, 2.24) is 14.7 Å². The van der Waals surface area contributed by atoms with Gasteiger partial charge in [-0.25, -0.2) is 0 Å². The fourth-order valence-electron chi connectivity index (χ4n) is 1.85. The zero-order valence-electron chi connectivity index (χ0n) is 11.3. The van der Waals surface area contributed by atoms with Crippen molar-refractivity contribution < 1.29 is 9.52 Å². The zero-order valence-corrected chi connectivity index (χ0v) is 12.9. The molecule has 2 rings (SSSR count). The van der Waals surface area contributed by atoms with Gasteiger partial charge in [-0.2, -0.15) is 5.10 Å². The monoisotopic (exact) mass is 327 g/mol. The van der Waals surface area contributed by atoms with Crippen LogP contribution in [0.4, 0.5) is 0 Å². The van der Waals surface area contributed by atoms with Crippen molar-refractivity contribution in [3.05, 3.63) is 40.0 Å². The second-order valence-corrected chi connectivity index (χ2v) is 5.61. The van der Waals surface area contributed by atoms with Gasteiger partial charge in [0.05, 0.1) is 22.9 Å². The van der Waals surface area contributed by atoms with Crippen LogP contribution in [0.15, 0.2) is 27.2 Å². The predicted octanol–water partition coefficient (Wildman–Crippen LogP) is 2.19. The number of nitrogens with zero attached hydrogens (tertiary/aromatic N) is 3. The highest BCUT2D eigenvalue weighted by molar-refractivity contribution is 9.10. The van der Waals surface area contributed by atoms with E-state index in [1.165, 1.54) is 0 Å². The van der Waals surface area contributed by atoms with E-state index in [1.807, 2.05) is 27.1 Å². The lowest BCUT2D eigenvalue weighted by Crippen LogP contribution is -2.21. The molecule has 0 aromatic carbocycles. The number of rotatable bonds is 5. The van der Waals surface area contributed by atoms with E-state index in [0.29, 0.717) is 12.3 Å². The second kappa shape index (κ2) is 5.90. The highest BCUT2D eigenvalue weighted by Gasteiger charge is 2.22. The first-order chi connectivity index (χ1) is 8.99. The summed E-state index contributed by atoms with van der Waals surface area (Å²) in [5, 5.41) is 14.7. The number of aliphatic hydroxyl groups excluding tert-OH is 1. The van der Waals surface area contributed by atoms with Crippen molar-refractivity contribution in [1.29, 1.82) is 0 Å². The molecule has 2 aromatic rings. The third kappa shape index (κ3) is 3.26. The van der Waals surface area contributed by atoms with Crippen LogP contribution in [0.2, 0.25) is 0 Å². The van der Waals surface area contributed by atoms with Gasteiger partial charge >= 0.3 is 0 Å². The van der Waals surface area contributed by atoms with Crippen molar-refractivity contribution in [3.8, 4) is 0 Å². The first kappa shape index (κ1) is 14.3. The van der Waals surface area contributed by atoms with Crippen molar-refractivity contribution in [2.24, 2.45) is 0 Å². The highest BCUT2D eigenvalue weighted by atomic mass is 79.9. The molecule has 0 saturated heterocycles. The summed E-state index contributed by atoms with van der Waals surface area (Å²) in [7, 11) is 4.01. The maximum atomic E-state index is 10.4. The fraction of sp³-hybridized carbons (Fsp3) is 0.462. The Hall–Kier alpha value is -1.11. The third-order valence-corrected chi connectivity index (χ3v) is 3.49. The summed E-state index contributed by atoms with van der Waals surface area (Å²) >= 11 is 3.43. The Morgan fingerprint density at radius 1 is 1.47 bits per heavy atom. The Morgan fingerprint density at radius 3 is 2.79 bits per heavy atom. The largest absolute Gasteiger partial charge is 0.463 e. The molecule has 1 unspecified atom stereocenters. The van der Waals surface area contributed by atoms with Crippen LogP contribution in [-0.2, 0) is 6.54 Å². The molecule has 0 radical (unpaired) electrons. The van der Waals surface area contributed by atoms with Crippen LogP contribution in [0, 0.1) is 6.92 Å². The number of hydrogen-bond donors (Lipinski definition) is 1. The Balaban J connectivity index is 2.25. The quantitative estimate of drug-likeness (QED) is 0.914. The van der Waals surface area contributed by atoms with E-state index in [-0.39, 0.29) is 0 Å². The average Bonchev–Trinajstić information content (AvgIpc) is 2.92. The normalized spacial score (nSPS) is 13.2. The lowest BCUT2D eigenvalue weighted by molar-refractivity contribution is 0.174. The summed E-state index contributed by atoms with van der Waals surface area (Å²) in [6, 6.07) is 3.63. The number of aromatic nitrogens is 2. The molecule has 0 aliphatic rings. The third-order valence-electron chi connectivity index (χ3n) is 2.88. The van der Waals surface area contributed by atoms with Crippen molar-refractivity contribution in [3.63, 3.8) is 0 Å². The second-order valence-electron chi connectivity index (χ2n) is 4.76. The molecule has 6 heteroatoms. The van der Waals surface area contributed by atoms with Crippen LogP contribution < -0.4 is 0 Å². The molecule has 0 bridgehead atoms. The fourth-order valence-corrected chi connectivity index (χ4v) is 2.36. The van der Waals surface area contributed by atoms with E-state index < -0.39 is 6.10 Å². The van der Waals surface area contributed by atoms with Gasteiger partial charge < -0.3 is 14.4 Å². The van der Waals surface area contributed by atoms with E-state index in [0.717, 1.165) is 22.5 Å².